The summed E-state index contributed by atoms with van der Waals surface area (Å²) in [4.78, 5) is 6.01. The third kappa shape index (κ3) is 3.35. The lowest BCUT2D eigenvalue weighted by atomic mass is 10.2. The zero-order valence-corrected chi connectivity index (χ0v) is 13.6. The van der Waals surface area contributed by atoms with E-state index in [-0.39, 0.29) is 10.9 Å². The third-order valence-corrected chi connectivity index (χ3v) is 5.61. The van der Waals surface area contributed by atoms with Crippen molar-refractivity contribution in [3.63, 3.8) is 0 Å². The Labute approximate surface area is 135 Å². The number of aromatic nitrogens is 1. The molecule has 1 saturated heterocycles. The van der Waals surface area contributed by atoms with Crippen molar-refractivity contribution in [2.24, 2.45) is 0 Å². The van der Waals surface area contributed by atoms with Gasteiger partial charge in [-0.15, -0.1) is 0 Å². The van der Waals surface area contributed by atoms with E-state index >= 15 is 0 Å². The summed E-state index contributed by atoms with van der Waals surface area (Å²) in [5.41, 5.74) is 0.400. The molecule has 0 unspecified atom stereocenters. The average molecular weight is 335 g/mol. The molecule has 3 rings (SSSR count). The maximum Gasteiger partial charge on any atom is 0.244 e. The van der Waals surface area contributed by atoms with Crippen LogP contribution in [0, 0.1) is 12.7 Å². The summed E-state index contributed by atoms with van der Waals surface area (Å²) in [5, 5.41) is 0. The van der Waals surface area contributed by atoms with E-state index in [0.29, 0.717) is 25.1 Å². The van der Waals surface area contributed by atoms with Crippen LogP contribution in [0.25, 0.3) is 0 Å². The minimum Gasteiger partial charge on any atom is -0.355 e. The van der Waals surface area contributed by atoms with Crippen molar-refractivity contribution in [3.8, 4) is 0 Å². The van der Waals surface area contributed by atoms with Crippen LogP contribution in [0.15, 0.2) is 47.5 Å². The summed E-state index contributed by atoms with van der Waals surface area (Å²) in [7, 11) is -3.88. The van der Waals surface area contributed by atoms with Crippen LogP contribution >= 0.6 is 0 Å². The molecule has 1 N–H and O–H groups in total. The van der Waals surface area contributed by atoms with Crippen molar-refractivity contribution < 1.29 is 12.8 Å². The fourth-order valence-electron chi connectivity index (χ4n) is 2.84. The largest absolute Gasteiger partial charge is 0.355 e. The van der Waals surface area contributed by atoms with E-state index in [0.717, 1.165) is 11.9 Å². The van der Waals surface area contributed by atoms with Gasteiger partial charge in [0.05, 0.1) is 0 Å². The van der Waals surface area contributed by atoms with Gasteiger partial charge in [-0.05, 0) is 37.1 Å². The second kappa shape index (κ2) is 6.25. The van der Waals surface area contributed by atoms with Crippen LogP contribution in [-0.4, -0.2) is 32.5 Å². The maximum absolute atomic E-state index is 13.9. The predicted molar refractivity (Wildman–Crippen MR) is 86.3 cm³/mol. The summed E-state index contributed by atoms with van der Waals surface area (Å²) < 4.78 is 41.5. The van der Waals surface area contributed by atoms with Crippen molar-refractivity contribution >= 4 is 15.8 Å². The van der Waals surface area contributed by atoms with Crippen molar-refractivity contribution in [1.82, 2.24) is 9.71 Å². The van der Waals surface area contributed by atoms with E-state index in [1.165, 1.54) is 6.07 Å². The number of nitrogens with zero attached hydrogens (tertiary/aromatic N) is 2. The Balaban J connectivity index is 1.75. The number of hydrogen-bond acceptors (Lipinski definition) is 4. The van der Waals surface area contributed by atoms with E-state index in [2.05, 4.69) is 9.71 Å². The van der Waals surface area contributed by atoms with Gasteiger partial charge in [0.2, 0.25) is 10.0 Å². The molecule has 0 radical (unpaired) electrons. The van der Waals surface area contributed by atoms with Gasteiger partial charge < -0.3 is 4.90 Å². The van der Waals surface area contributed by atoms with Crippen molar-refractivity contribution in [2.75, 3.05) is 18.0 Å². The van der Waals surface area contributed by atoms with Crippen molar-refractivity contribution in [3.05, 3.63) is 54.0 Å². The lowest BCUT2D eigenvalue weighted by molar-refractivity contribution is 0.541. The molecule has 23 heavy (non-hydrogen) atoms. The Morgan fingerprint density at radius 3 is 2.78 bits per heavy atom. The van der Waals surface area contributed by atoms with Crippen LogP contribution in [0.2, 0.25) is 0 Å². The maximum atomic E-state index is 13.9. The molecule has 7 heteroatoms. The molecule has 1 aliphatic rings. The molecule has 2 aromatic rings. The number of hydrogen-bond donors (Lipinski definition) is 1. The molecule has 122 valence electrons. The number of sulfonamides is 1. The van der Waals surface area contributed by atoms with Crippen LogP contribution in [-0.2, 0) is 10.0 Å². The highest BCUT2D eigenvalue weighted by molar-refractivity contribution is 7.89. The average Bonchev–Trinajstić information content (AvgIpc) is 2.95. The number of anilines is 1. The Kier molecular flexibility index (Phi) is 4.32. The van der Waals surface area contributed by atoms with Gasteiger partial charge in [0, 0.05) is 25.3 Å². The Bertz CT molecular complexity index is 776. The smallest absolute Gasteiger partial charge is 0.244 e. The van der Waals surface area contributed by atoms with E-state index in [9.17, 15) is 12.8 Å². The lowest BCUT2D eigenvalue weighted by Crippen LogP contribution is -2.37. The summed E-state index contributed by atoms with van der Waals surface area (Å²) in [6.45, 7) is 2.82. The van der Waals surface area contributed by atoms with Gasteiger partial charge in [-0.3, -0.25) is 0 Å². The molecule has 1 aromatic heterocycles. The van der Waals surface area contributed by atoms with E-state index < -0.39 is 15.8 Å². The second-order valence-electron chi connectivity index (χ2n) is 5.63. The molecule has 2 heterocycles. The molecule has 0 spiro atoms. The van der Waals surface area contributed by atoms with Crippen LogP contribution < -0.4 is 9.62 Å². The molecule has 1 aromatic carbocycles. The fourth-order valence-corrected chi connectivity index (χ4v) is 4.41. The number of halogens is 1. The van der Waals surface area contributed by atoms with Gasteiger partial charge in [0.1, 0.15) is 16.5 Å². The van der Waals surface area contributed by atoms with E-state index in [4.69, 9.17) is 0 Å². The quantitative estimate of drug-likeness (QED) is 0.929. The standard InChI is InChI=1S/C16H18FN3O2S/c1-12-5-4-6-14(17)16(12)23(21,22)19-13-8-10-20(11-13)15-7-2-3-9-18-15/h2-7,9,13,19H,8,10-11H2,1H3/t13-/m0/s1. The van der Waals surface area contributed by atoms with Crippen LogP contribution in [0.3, 0.4) is 0 Å². The van der Waals surface area contributed by atoms with E-state index in [1.807, 2.05) is 23.1 Å². The molecule has 1 aliphatic heterocycles. The molecule has 0 bridgehead atoms. The first kappa shape index (κ1) is 15.9. The topological polar surface area (TPSA) is 62.3 Å². The number of pyridine rings is 1. The first-order chi connectivity index (χ1) is 11.0. The Morgan fingerprint density at radius 2 is 2.09 bits per heavy atom. The van der Waals surface area contributed by atoms with Gasteiger partial charge in [-0.1, -0.05) is 18.2 Å². The fraction of sp³-hybridized carbons (Fsp3) is 0.312. The number of aryl methyl sites for hydroxylation is 1. The molecule has 0 aliphatic carbocycles. The van der Waals surface area contributed by atoms with Crippen LogP contribution in [0.4, 0.5) is 10.2 Å². The molecular formula is C16H18FN3O2S. The molecule has 0 saturated carbocycles. The van der Waals surface area contributed by atoms with Crippen LogP contribution in [0.5, 0.6) is 0 Å². The minimum atomic E-state index is -3.88. The minimum absolute atomic E-state index is 0.263. The summed E-state index contributed by atoms with van der Waals surface area (Å²) in [6.07, 6.45) is 2.36. The van der Waals surface area contributed by atoms with Gasteiger partial charge >= 0.3 is 0 Å². The summed E-state index contributed by atoms with van der Waals surface area (Å²) in [6, 6.07) is 9.60. The molecule has 5 nitrogen and oxygen atoms in total. The monoisotopic (exact) mass is 335 g/mol. The molecule has 1 atom stereocenters. The highest BCUT2D eigenvalue weighted by atomic mass is 32.2. The lowest BCUT2D eigenvalue weighted by Gasteiger charge is -2.18. The summed E-state index contributed by atoms with van der Waals surface area (Å²) >= 11 is 0. The first-order valence-corrected chi connectivity index (χ1v) is 8.89. The van der Waals surface area contributed by atoms with Crippen LogP contribution in [0.1, 0.15) is 12.0 Å². The van der Waals surface area contributed by atoms with Crippen molar-refractivity contribution in [1.29, 1.82) is 0 Å². The van der Waals surface area contributed by atoms with Gasteiger partial charge in [0.15, 0.2) is 0 Å². The normalized spacial score (nSPS) is 18.3. The first-order valence-electron chi connectivity index (χ1n) is 7.41. The molecule has 1 fully saturated rings. The number of rotatable bonds is 4. The zero-order valence-electron chi connectivity index (χ0n) is 12.7. The van der Waals surface area contributed by atoms with Crippen molar-refractivity contribution in [2.45, 2.75) is 24.3 Å². The SMILES string of the molecule is Cc1cccc(F)c1S(=O)(=O)N[C@H]1CCN(c2ccccn2)C1. The predicted octanol–water partition coefficient (Wildman–Crippen LogP) is 2.09. The summed E-state index contributed by atoms with van der Waals surface area (Å²) in [5.74, 6) is 0.0911. The van der Waals surface area contributed by atoms with E-state index in [1.54, 1.807) is 19.2 Å². The van der Waals surface area contributed by atoms with Gasteiger partial charge in [-0.25, -0.2) is 22.5 Å². The third-order valence-electron chi connectivity index (χ3n) is 3.92. The Morgan fingerprint density at radius 1 is 1.26 bits per heavy atom. The number of benzene rings is 1. The highest BCUT2D eigenvalue weighted by Gasteiger charge is 2.30. The highest BCUT2D eigenvalue weighted by Crippen LogP contribution is 2.22. The second-order valence-corrected chi connectivity index (χ2v) is 7.28. The van der Waals surface area contributed by atoms with Gasteiger partial charge in [0.25, 0.3) is 0 Å². The Hall–Kier alpha value is -1.99. The molecule has 0 amide bonds. The van der Waals surface area contributed by atoms with Gasteiger partial charge in [-0.2, -0.15) is 0 Å². The molecular weight excluding hydrogens is 317 g/mol. The zero-order chi connectivity index (χ0) is 16.4. The number of nitrogens with one attached hydrogen (secondary N) is 1.